The number of carboxylic acid groups (broad SMARTS) is 1. The van der Waals surface area contributed by atoms with Gasteiger partial charge in [0.25, 0.3) is 0 Å². The third-order valence-corrected chi connectivity index (χ3v) is 6.04. The Bertz CT molecular complexity index is 670. The van der Waals surface area contributed by atoms with E-state index >= 15 is 0 Å². The first-order chi connectivity index (χ1) is 9.73. The Kier molecular flexibility index (Phi) is 4.79. The fourth-order valence-electron chi connectivity index (χ4n) is 2.15. The Morgan fingerprint density at radius 2 is 1.81 bits per heavy atom. The minimum Gasteiger partial charge on any atom is -0.478 e. The van der Waals surface area contributed by atoms with Crippen molar-refractivity contribution in [2.45, 2.75) is 23.8 Å². The molecule has 0 amide bonds. The van der Waals surface area contributed by atoms with Crippen molar-refractivity contribution in [3.8, 4) is 0 Å². The molecule has 1 fully saturated rings. The minimum atomic E-state index is -3.87. The highest BCUT2D eigenvalue weighted by Crippen LogP contribution is 2.31. The van der Waals surface area contributed by atoms with Gasteiger partial charge in [-0.15, -0.1) is 0 Å². The molecule has 0 spiro atoms. The normalized spacial score (nSPS) is 17.9. The molecule has 0 radical (unpaired) electrons. The number of rotatable bonds is 3. The SMILES string of the molecule is NC1CCN(S(=O)(=O)c2cc(C(=O)O)c(Cl)cc2Cl)CC1. The molecule has 0 saturated carbocycles. The number of benzene rings is 1. The highest BCUT2D eigenvalue weighted by molar-refractivity contribution is 7.89. The molecule has 0 aliphatic carbocycles. The monoisotopic (exact) mass is 352 g/mol. The van der Waals surface area contributed by atoms with Crippen molar-refractivity contribution in [1.82, 2.24) is 4.31 Å². The number of aromatic carboxylic acids is 1. The van der Waals surface area contributed by atoms with Crippen LogP contribution >= 0.6 is 23.2 Å². The zero-order valence-corrected chi connectivity index (χ0v) is 13.2. The van der Waals surface area contributed by atoms with Crippen molar-refractivity contribution in [2.24, 2.45) is 5.73 Å². The zero-order valence-electron chi connectivity index (χ0n) is 10.9. The largest absolute Gasteiger partial charge is 0.478 e. The van der Waals surface area contributed by atoms with Gasteiger partial charge in [-0.05, 0) is 25.0 Å². The highest BCUT2D eigenvalue weighted by atomic mass is 35.5. The van der Waals surface area contributed by atoms with Gasteiger partial charge in [0, 0.05) is 19.1 Å². The lowest BCUT2D eigenvalue weighted by Gasteiger charge is -2.29. The summed E-state index contributed by atoms with van der Waals surface area (Å²) in [5, 5.41) is 8.84. The number of nitrogens with two attached hydrogens (primary N) is 1. The molecule has 1 aromatic rings. The van der Waals surface area contributed by atoms with Gasteiger partial charge in [0.05, 0.1) is 15.6 Å². The summed E-state index contributed by atoms with van der Waals surface area (Å²) < 4.78 is 26.4. The molecule has 1 aliphatic rings. The number of carbonyl (C=O) groups is 1. The second-order valence-electron chi connectivity index (χ2n) is 4.81. The maximum Gasteiger partial charge on any atom is 0.337 e. The van der Waals surface area contributed by atoms with Gasteiger partial charge in [-0.25, -0.2) is 13.2 Å². The highest BCUT2D eigenvalue weighted by Gasteiger charge is 2.31. The van der Waals surface area contributed by atoms with E-state index in [0.717, 1.165) is 12.1 Å². The number of piperidine rings is 1. The van der Waals surface area contributed by atoms with Gasteiger partial charge in [-0.1, -0.05) is 23.2 Å². The maximum absolute atomic E-state index is 12.6. The van der Waals surface area contributed by atoms with Gasteiger partial charge < -0.3 is 10.8 Å². The van der Waals surface area contributed by atoms with E-state index in [4.69, 9.17) is 34.0 Å². The summed E-state index contributed by atoms with van der Waals surface area (Å²) in [4.78, 5) is 10.8. The molecule has 0 atom stereocenters. The summed E-state index contributed by atoms with van der Waals surface area (Å²) >= 11 is 11.7. The molecule has 9 heteroatoms. The first-order valence-corrected chi connectivity index (χ1v) is 8.41. The van der Waals surface area contributed by atoms with Crippen molar-refractivity contribution in [3.05, 3.63) is 27.7 Å². The summed E-state index contributed by atoms with van der Waals surface area (Å²) in [5.41, 5.74) is 5.45. The Balaban J connectivity index is 2.45. The molecule has 116 valence electrons. The van der Waals surface area contributed by atoms with Gasteiger partial charge in [0.2, 0.25) is 10.0 Å². The van der Waals surface area contributed by atoms with Crippen LogP contribution in [0, 0.1) is 0 Å². The predicted molar refractivity (Wildman–Crippen MR) is 79.4 cm³/mol. The Morgan fingerprint density at radius 1 is 1.24 bits per heavy atom. The van der Waals surface area contributed by atoms with Gasteiger partial charge in [0.1, 0.15) is 4.90 Å². The van der Waals surface area contributed by atoms with Crippen molar-refractivity contribution in [2.75, 3.05) is 13.1 Å². The van der Waals surface area contributed by atoms with E-state index < -0.39 is 16.0 Å². The minimum absolute atomic E-state index is 0.0216. The average Bonchev–Trinajstić information content (AvgIpc) is 2.38. The summed E-state index contributed by atoms with van der Waals surface area (Å²) in [6, 6.07) is 2.11. The number of carboxylic acids is 1. The molecule has 1 aliphatic heterocycles. The van der Waals surface area contributed by atoms with Crippen LogP contribution in [0.5, 0.6) is 0 Å². The van der Waals surface area contributed by atoms with Crippen LogP contribution in [-0.4, -0.2) is 42.9 Å². The smallest absolute Gasteiger partial charge is 0.337 e. The molecule has 6 nitrogen and oxygen atoms in total. The van der Waals surface area contributed by atoms with Crippen LogP contribution in [0.15, 0.2) is 17.0 Å². The average molecular weight is 353 g/mol. The molecule has 0 unspecified atom stereocenters. The van der Waals surface area contributed by atoms with Gasteiger partial charge in [-0.2, -0.15) is 4.31 Å². The zero-order chi connectivity index (χ0) is 15.8. The van der Waals surface area contributed by atoms with E-state index in [1.165, 1.54) is 4.31 Å². The number of halogens is 2. The van der Waals surface area contributed by atoms with Crippen LogP contribution in [0.3, 0.4) is 0 Å². The maximum atomic E-state index is 12.6. The topological polar surface area (TPSA) is 101 Å². The Labute approximate surface area is 132 Å². The molecule has 1 saturated heterocycles. The Hall–Kier alpha value is -0.860. The third-order valence-electron chi connectivity index (χ3n) is 3.37. The van der Waals surface area contributed by atoms with Crippen molar-refractivity contribution in [3.63, 3.8) is 0 Å². The second-order valence-corrected chi connectivity index (χ2v) is 7.53. The van der Waals surface area contributed by atoms with Crippen LogP contribution in [0.2, 0.25) is 10.0 Å². The van der Waals surface area contributed by atoms with Gasteiger partial charge in [0.15, 0.2) is 0 Å². The van der Waals surface area contributed by atoms with Crippen molar-refractivity contribution in [1.29, 1.82) is 0 Å². The molecule has 0 aromatic heterocycles. The van der Waals surface area contributed by atoms with E-state index in [0.29, 0.717) is 12.8 Å². The van der Waals surface area contributed by atoms with Crippen LogP contribution in [0.1, 0.15) is 23.2 Å². The van der Waals surface area contributed by atoms with Crippen LogP contribution in [0.4, 0.5) is 0 Å². The fourth-order valence-corrected chi connectivity index (χ4v) is 4.44. The lowest BCUT2D eigenvalue weighted by atomic mass is 10.1. The van der Waals surface area contributed by atoms with Gasteiger partial charge >= 0.3 is 5.97 Å². The predicted octanol–water partition coefficient (Wildman–Crippen LogP) is 1.80. The van der Waals surface area contributed by atoms with Crippen molar-refractivity contribution >= 4 is 39.2 Å². The first-order valence-electron chi connectivity index (χ1n) is 6.21. The number of hydrogen-bond acceptors (Lipinski definition) is 4. The number of sulfonamides is 1. The van der Waals surface area contributed by atoms with Crippen LogP contribution in [-0.2, 0) is 10.0 Å². The summed E-state index contributed by atoms with van der Waals surface area (Å²) in [5.74, 6) is -1.31. The second kappa shape index (κ2) is 6.10. The first kappa shape index (κ1) is 16.5. The molecular formula is C12H14Cl2N2O4S. The molecule has 1 heterocycles. The molecule has 3 N–H and O–H groups in total. The van der Waals surface area contributed by atoms with E-state index in [1.807, 2.05) is 0 Å². The van der Waals surface area contributed by atoms with E-state index in [-0.39, 0.29) is 39.6 Å². The van der Waals surface area contributed by atoms with E-state index in [2.05, 4.69) is 0 Å². The molecule has 21 heavy (non-hydrogen) atoms. The molecule has 1 aromatic carbocycles. The van der Waals surface area contributed by atoms with Gasteiger partial charge in [-0.3, -0.25) is 0 Å². The van der Waals surface area contributed by atoms with E-state index in [1.54, 1.807) is 0 Å². The van der Waals surface area contributed by atoms with E-state index in [9.17, 15) is 13.2 Å². The molecular weight excluding hydrogens is 339 g/mol. The van der Waals surface area contributed by atoms with Crippen LogP contribution < -0.4 is 5.73 Å². The molecule has 0 bridgehead atoms. The number of hydrogen-bond donors (Lipinski definition) is 2. The van der Waals surface area contributed by atoms with Crippen molar-refractivity contribution < 1.29 is 18.3 Å². The third kappa shape index (κ3) is 3.32. The summed E-state index contributed by atoms with van der Waals surface area (Å²) in [6.45, 7) is 0.565. The summed E-state index contributed by atoms with van der Waals surface area (Å²) in [6.07, 6.45) is 1.10. The quantitative estimate of drug-likeness (QED) is 0.863. The standard InChI is InChI=1S/C12H14Cl2N2O4S/c13-9-6-10(14)11(5-8(9)12(17)18)21(19,20)16-3-1-7(15)2-4-16/h5-7H,1-4,15H2,(H,17,18). The fraction of sp³-hybridized carbons (Fsp3) is 0.417. The lowest BCUT2D eigenvalue weighted by molar-refractivity contribution is 0.0697. The molecule has 2 rings (SSSR count). The van der Waals surface area contributed by atoms with Crippen LogP contribution in [0.25, 0.3) is 0 Å². The Morgan fingerprint density at radius 3 is 2.33 bits per heavy atom. The lowest BCUT2D eigenvalue weighted by Crippen LogP contribution is -2.42. The summed E-state index contributed by atoms with van der Waals surface area (Å²) in [7, 11) is -3.87. The number of nitrogens with zero attached hydrogens (tertiary/aromatic N) is 1.